The van der Waals surface area contributed by atoms with Gasteiger partial charge in [0.1, 0.15) is 0 Å². The second-order valence-electron chi connectivity index (χ2n) is 11.4. The first-order chi connectivity index (χ1) is 16.1. The first-order valence-corrected chi connectivity index (χ1v) is 12.8. The number of carbonyl (C=O) groups excluding carboxylic acids is 3. The summed E-state index contributed by atoms with van der Waals surface area (Å²) in [6.07, 6.45) is 28.9. The van der Waals surface area contributed by atoms with E-state index in [2.05, 4.69) is 54.7 Å². The summed E-state index contributed by atoms with van der Waals surface area (Å²) in [5.74, 6) is 7.61. The fourth-order valence-corrected chi connectivity index (χ4v) is 8.52. The number of hydrogen-bond donors (Lipinski definition) is 0. The van der Waals surface area contributed by atoms with E-state index in [0.717, 1.165) is 0 Å². The van der Waals surface area contributed by atoms with Crippen molar-refractivity contribution in [3.05, 3.63) is 72.9 Å². The lowest BCUT2D eigenvalue weighted by atomic mass is 9.85. The van der Waals surface area contributed by atoms with Gasteiger partial charge in [-0.2, -0.15) is 0 Å². The summed E-state index contributed by atoms with van der Waals surface area (Å²) in [6.45, 7) is 0. The molecular weight excluding hydrogens is 408 g/mol. The Bertz CT molecular complexity index is 962. The summed E-state index contributed by atoms with van der Waals surface area (Å²) in [4.78, 5) is 34.0. The highest BCUT2D eigenvalue weighted by molar-refractivity contribution is 5.96. The van der Waals surface area contributed by atoms with Crippen LogP contribution in [0.15, 0.2) is 72.9 Å². The van der Waals surface area contributed by atoms with Crippen molar-refractivity contribution in [3.8, 4) is 0 Å². The predicted molar refractivity (Wildman–Crippen MR) is 126 cm³/mol. The maximum absolute atomic E-state index is 11.3. The van der Waals surface area contributed by atoms with Gasteiger partial charge >= 0.3 is 0 Å². The van der Waals surface area contributed by atoms with Gasteiger partial charge in [0.25, 0.3) is 0 Å². The largest absolute Gasteiger partial charge is 0.295 e. The minimum absolute atomic E-state index is 0.338. The van der Waals surface area contributed by atoms with Gasteiger partial charge in [0.05, 0.1) is 0 Å². The smallest absolute Gasteiger partial charge is 0.159 e. The van der Waals surface area contributed by atoms with Gasteiger partial charge in [-0.1, -0.05) is 54.7 Å². The van der Waals surface area contributed by atoms with Crippen LogP contribution in [0.3, 0.4) is 0 Å². The van der Waals surface area contributed by atoms with E-state index in [-0.39, 0.29) is 0 Å². The van der Waals surface area contributed by atoms with E-state index in [1.165, 1.54) is 19.3 Å². The van der Waals surface area contributed by atoms with Crippen molar-refractivity contribution < 1.29 is 14.4 Å². The molecule has 9 aliphatic carbocycles. The molecule has 0 amide bonds. The van der Waals surface area contributed by atoms with Gasteiger partial charge in [0.15, 0.2) is 17.3 Å². The molecule has 3 nitrogen and oxygen atoms in total. The number of carbonyl (C=O) groups is 3. The maximum atomic E-state index is 11.3. The Labute approximate surface area is 195 Å². The number of ketones is 3. The fourth-order valence-electron chi connectivity index (χ4n) is 8.52. The van der Waals surface area contributed by atoms with Crippen molar-refractivity contribution in [1.29, 1.82) is 0 Å². The van der Waals surface area contributed by atoms with Crippen molar-refractivity contribution in [2.24, 2.45) is 71.0 Å². The SMILES string of the molecule is O=C1C=CC2C3C=CC(C3)C12.O=C1C=C[C@@H]2[C@H]1[C@@H]1C=C[C@H]2C1.O=C1C=C[C@H]2[C@@H]1[C@H]1C=C[C@@H]2C1. The van der Waals surface area contributed by atoms with Crippen molar-refractivity contribution in [3.63, 3.8) is 0 Å². The monoisotopic (exact) mass is 438 g/mol. The van der Waals surface area contributed by atoms with Crippen LogP contribution in [0.2, 0.25) is 0 Å². The summed E-state index contributed by atoms with van der Waals surface area (Å²) in [7, 11) is 0. The van der Waals surface area contributed by atoms with Crippen LogP contribution in [0.4, 0.5) is 0 Å². The molecule has 4 unspecified atom stereocenters. The Morgan fingerprint density at radius 1 is 0.394 bits per heavy atom. The van der Waals surface area contributed by atoms with Crippen LogP contribution < -0.4 is 0 Å². The molecule has 0 aliphatic heterocycles. The molecule has 9 aliphatic rings. The number of allylic oxidation sites excluding steroid dienone is 12. The Kier molecular flexibility index (Phi) is 4.35. The zero-order valence-electron chi connectivity index (χ0n) is 18.7. The standard InChI is InChI=1S/3C10H10O/c3*11-9-4-3-8-6-1-2-7(5-6)10(8)9/h3*1-4,6-8,10H,5H2/t2*6-,7+,8-,10+;/m10./s1. The molecule has 0 heterocycles. The van der Waals surface area contributed by atoms with Crippen LogP contribution in [-0.4, -0.2) is 17.3 Å². The highest BCUT2D eigenvalue weighted by Gasteiger charge is 2.50. The molecule has 0 spiro atoms. The molecule has 33 heavy (non-hydrogen) atoms. The van der Waals surface area contributed by atoms with Crippen molar-refractivity contribution in [1.82, 2.24) is 0 Å². The molecule has 9 rings (SSSR count). The van der Waals surface area contributed by atoms with Crippen LogP contribution in [0.5, 0.6) is 0 Å². The Morgan fingerprint density at radius 3 is 0.939 bits per heavy atom. The molecule has 0 radical (unpaired) electrons. The zero-order chi connectivity index (χ0) is 22.3. The molecular formula is C30H30O3. The van der Waals surface area contributed by atoms with Gasteiger partial charge in [-0.15, -0.1) is 0 Å². The second kappa shape index (κ2) is 7.22. The normalized spacial score (nSPS) is 50.7. The summed E-state index contributed by atoms with van der Waals surface area (Å²) in [6, 6.07) is 0. The minimum atomic E-state index is 0.338. The zero-order valence-corrected chi connectivity index (χ0v) is 18.7. The van der Waals surface area contributed by atoms with E-state index in [4.69, 9.17) is 0 Å². The van der Waals surface area contributed by atoms with Crippen molar-refractivity contribution in [2.75, 3.05) is 0 Å². The molecule has 0 saturated heterocycles. The molecule has 3 heteroatoms. The van der Waals surface area contributed by atoms with Gasteiger partial charge in [-0.3, -0.25) is 14.4 Å². The third-order valence-electron chi connectivity index (χ3n) is 9.99. The second-order valence-corrected chi connectivity index (χ2v) is 11.4. The Morgan fingerprint density at radius 2 is 0.667 bits per heavy atom. The van der Waals surface area contributed by atoms with Gasteiger partial charge in [-0.05, 0) is 90.8 Å². The highest BCUT2D eigenvalue weighted by Crippen LogP contribution is 2.53. The Hall–Kier alpha value is -2.55. The van der Waals surface area contributed by atoms with E-state index in [9.17, 15) is 14.4 Å². The van der Waals surface area contributed by atoms with E-state index in [1.54, 1.807) is 18.2 Å². The molecule has 12 atom stereocenters. The molecule has 0 N–H and O–H groups in total. The van der Waals surface area contributed by atoms with Crippen LogP contribution >= 0.6 is 0 Å². The molecule has 0 aromatic rings. The summed E-state index contributed by atoms with van der Waals surface area (Å²) in [5, 5.41) is 0. The summed E-state index contributed by atoms with van der Waals surface area (Å²) in [5.41, 5.74) is 0. The molecule has 3 saturated carbocycles. The van der Waals surface area contributed by atoms with Crippen molar-refractivity contribution >= 4 is 17.3 Å². The summed E-state index contributed by atoms with van der Waals surface area (Å²) >= 11 is 0. The van der Waals surface area contributed by atoms with E-state index in [1.807, 2.05) is 0 Å². The third kappa shape index (κ3) is 2.90. The molecule has 6 bridgehead atoms. The van der Waals surface area contributed by atoms with Crippen LogP contribution in [0.1, 0.15) is 19.3 Å². The van der Waals surface area contributed by atoms with Crippen LogP contribution in [-0.2, 0) is 14.4 Å². The summed E-state index contributed by atoms with van der Waals surface area (Å²) < 4.78 is 0. The Balaban J connectivity index is 0.0000000864. The van der Waals surface area contributed by atoms with E-state index in [0.29, 0.717) is 88.4 Å². The molecule has 0 aromatic heterocycles. The van der Waals surface area contributed by atoms with Crippen LogP contribution in [0, 0.1) is 71.0 Å². The number of fused-ring (bicyclic) bond motifs is 15. The first-order valence-electron chi connectivity index (χ1n) is 12.8. The molecule has 3 fully saturated rings. The lowest BCUT2D eigenvalue weighted by molar-refractivity contribution is -0.119. The van der Waals surface area contributed by atoms with Gasteiger partial charge in [-0.25, -0.2) is 0 Å². The number of rotatable bonds is 0. The first kappa shape index (κ1) is 19.9. The molecule has 168 valence electrons. The van der Waals surface area contributed by atoms with E-state index >= 15 is 0 Å². The number of hydrogen-bond acceptors (Lipinski definition) is 3. The maximum Gasteiger partial charge on any atom is 0.159 e. The average Bonchev–Trinajstić information content (AvgIpc) is 3.65. The molecule has 0 aromatic carbocycles. The average molecular weight is 439 g/mol. The quantitative estimate of drug-likeness (QED) is 0.516. The van der Waals surface area contributed by atoms with Crippen molar-refractivity contribution in [2.45, 2.75) is 19.3 Å². The van der Waals surface area contributed by atoms with Gasteiger partial charge in [0, 0.05) is 17.8 Å². The van der Waals surface area contributed by atoms with Gasteiger partial charge in [0.2, 0.25) is 0 Å². The highest BCUT2D eigenvalue weighted by atomic mass is 16.1. The fraction of sp³-hybridized carbons (Fsp3) is 0.500. The van der Waals surface area contributed by atoms with Gasteiger partial charge < -0.3 is 0 Å². The lowest BCUT2D eigenvalue weighted by Crippen LogP contribution is -2.19. The predicted octanol–water partition coefficient (Wildman–Crippen LogP) is 4.69. The van der Waals surface area contributed by atoms with E-state index < -0.39 is 0 Å². The topological polar surface area (TPSA) is 51.2 Å². The lowest BCUT2D eigenvalue weighted by Gasteiger charge is -2.17. The minimum Gasteiger partial charge on any atom is -0.295 e. The third-order valence-corrected chi connectivity index (χ3v) is 9.99. The van der Waals surface area contributed by atoms with Crippen LogP contribution in [0.25, 0.3) is 0 Å².